The lowest BCUT2D eigenvalue weighted by molar-refractivity contribution is -0.121. The predicted octanol–water partition coefficient (Wildman–Crippen LogP) is 3.27. The number of ether oxygens (including phenoxy) is 2. The number of hydrogen-bond acceptors (Lipinski definition) is 5. The third-order valence-electron chi connectivity index (χ3n) is 6.58. The van der Waals surface area contributed by atoms with Crippen LogP contribution in [-0.2, 0) is 26.7 Å². The van der Waals surface area contributed by atoms with Gasteiger partial charge in [0, 0.05) is 25.3 Å². The summed E-state index contributed by atoms with van der Waals surface area (Å²) in [6.45, 7) is 5.91. The average Bonchev–Trinajstić information content (AvgIpc) is 2.92. The smallest absolute Gasteiger partial charge is 0.243 e. The number of benzene rings is 2. The van der Waals surface area contributed by atoms with Crippen molar-refractivity contribution < 1.29 is 22.7 Å². The van der Waals surface area contributed by atoms with Crippen LogP contribution >= 0.6 is 0 Å². The maximum absolute atomic E-state index is 13.6. The molecule has 0 saturated carbocycles. The molecule has 8 heteroatoms. The number of fused-ring (bicyclic) bond motifs is 2. The van der Waals surface area contributed by atoms with E-state index in [1.807, 2.05) is 32.9 Å². The van der Waals surface area contributed by atoms with Gasteiger partial charge in [-0.1, -0.05) is 0 Å². The number of carbonyl (C=O) groups is 1. The number of likely N-dealkylation sites (N-methyl/N-ethyl adjacent to an activating group) is 1. The van der Waals surface area contributed by atoms with Crippen LogP contribution in [0.2, 0.25) is 0 Å². The minimum absolute atomic E-state index is 0.0432. The molecule has 0 aliphatic carbocycles. The van der Waals surface area contributed by atoms with Crippen molar-refractivity contribution in [3.63, 3.8) is 0 Å². The van der Waals surface area contributed by atoms with Gasteiger partial charge in [-0.3, -0.25) is 4.79 Å². The van der Waals surface area contributed by atoms with Gasteiger partial charge in [-0.15, -0.1) is 0 Å². The summed E-state index contributed by atoms with van der Waals surface area (Å²) in [5, 5.41) is 0. The number of carbonyl (C=O) groups excluding carboxylic acids is 1. The van der Waals surface area contributed by atoms with Crippen LogP contribution in [0.4, 0.5) is 5.69 Å². The zero-order valence-electron chi connectivity index (χ0n) is 18.7. The molecule has 0 fully saturated rings. The summed E-state index contributed by atoms with van der Waals surface area (Å²) in [7, 11) is 1.11. The molecule has 0 saturated heterocycles. The lowest BCUT2D eigenvalue weighted by Crippen LogP contribution is -2.39. The van der Waals surface area contributed by atoms with E-state index in [0.717, 1.165) is 22.4 Å². The molecule has 0 bridgehead atoms. The van der Waals surface area contributed by atoms with Crippen molar-refractivity contribution in [2.75, 3.05) is 32.7 Å². The first-order valence-corrected chi connectivity index (χ1v) is 11.7. The van der Waals surface area contributed by atoms with Crippen molar-refractivity contribution in [1.29, 1.82) is 0 Å². The van der Waals surface area contributed by atoms with E-state index >= 15 is 0 Å². The molecule has 0 aromatic heterocycles. The second kappa shape index (κ2) is 7.24. The number of methoxy groups -OCH3 is 2. The van der Waals surface area contributed by atoms with Gasteiger partial charge in [-0.2, -0.15) is 4.31 Å². The van der Waals surface area contributed by atoms with Gasteiger partial charge < -0.3 is 14.4 Å². The molecule has 4 rings (SSSR count). The number of sulfonamides is 1. The molecule has 2 aliphatic rings. The number of anilines is 1. The molecule has 0 spiro atoms. The normalized spacial score (nSPS) is 20.4. The molecule has 2 aliphatic heterocycles. The molecule has 1 unspecified atom stereocenters. The van der Waals surface area contributed by atoms with Crippen LogP contribution in [0, 0.1) is 0 Å². The molecule has 0 radical (unpaired) electrons. The summed E-state index contributed by atoms with van der Waals surface area (Å²) in [6.07, 6.45) is 0.580. The highest BCUT2D eigenvalue weighted by Gasteiger charge is 2.43. The molecule has 2 aromatic rings. The topological polar surface area (TPSA) is 76.1 Å². The summed E-state index contributed by atoms with van der Waals surface area (Å²) in [5.41, 5.74) is 2.68. The van der Waals surface area contributed by atoms with Gasteiger partial charge in [0.2, 0.25) is 15.9 Å². The maximum atomic E-state index is 13.6. The molecule has 0 N–H and O–H groups in total. The van der Waals surface area contributed by atoms with E-state index in [0.29, 0.717) is 24.5 Å². The summed E-state index contributed by atoms with van der Waals surface area (Å²) in [5.74, 6) is 1.17. The van der Waals surface area contributed by atoms with Gasteiger partial charge in [0.15, 0.2) is 11.5 Å². The Kier molecular flexibility index (Phi) is 5.05. The number of rotatable bonds is 4. The molecule has 2 aromatic carbocycles. The van der Waals surface area contributed by atoms with Gasteiger partial charge in [0.1, 0.15) is 0 Å². The fraction of sp³-hybridized carbons (Fsp3) is 0.435. The second-order valence-corrected chi connectivity index (χ2v) is 10.5. The summed E-state index contributed by atoms with van der Waals surface area (Å²) in [6, 6.07) is 8.40. The van der Waals surface area contributed by atoms with E-state index in [4.69, 9.17) is 9.47 Å². The van der Waals surface area contributed by atoms with Gasteiger partial charge in [-0.05, 0) is 74.2 Å². The summed E-state index contributed by atoms with van der Waals surface area (Å²) < 4.78 is 39.6. The monoisotopic (exact) mass is 444 g/mol. The molecular formula is C23H28N2O5S. The predicted molar refractivity (Wildman–Crippen MR) is 118 cm³/mol. The summed E-state index contributed by atoms with van der Waals surface area (Å²) >= 11 is 0. The van der Waals surface area contributed by atoms with Crippen LogP contribution in [-0.4, -0.2) is 46.4 Å². The maximum Gasteiger partial charge on any atom is 0.243 e. The largest absolute Gasteiger partial charge is 0.493 e. The highest BCUT2D eigenvalue weighted by Crippen LogP contribution is 2.44. The third kappa shape index (κ3) is 3.11. The highest BCUT2D eigenvalue weighted by molar-refractivity contribution is 7.89. The van der Waals surface area contributed by atoms with E-state index in [9.17, 15) is 13.2 Å². The van der Waals surface area contributed by atoms with Crippen LogP contribution in [0.5, 0.6) is 11.5 Å². The Bertz CT molecular complexity index is 1170. The van der Waals surface area contributed by atoms with E-state index in [2.05, 4.69) is 0 Å². The average molecular weight is 445 g/mol. The first-order valence-electron chi connectivity index (χ1n) is 10.2. The molecule has 31 heavy (non-hydrogen) atoms. The lowest BCUT2D eigenvalue weighted by Gasteiger charge is -2.35. The van der Waals surface area contributed by atoms with Gasteiger partial charge >= 0.3 is 0 Å². The fourth-order valence-electron chi connectivity index (χ4n) is 4.70. The van der Waals surface area contributed by atoms with Crippen LogP contribution < -0.4 is 14.4 Å². The van der Waals surface area contributed by atoms with Gasteiger partial charge in [-0.25, -0.2) is 8.42 Å². The molecular weight excluding hydrogens is 416 g/mol. The van der Waals surface area contributed by atoms with Crippen molar-refractivity contribution >= 4 is 21.6 Å². The quantitative estimate of drug-likeness (QED) is 0.724. The first-order chi connectivity index (χ1) is 14.5. The Morgan fingerprint density at radius 1 is 1.06 bits per heavy atom. The Balaban J connectivity index is 1.75. The van der Waals surface area contributed by atoms with Crippen molar-refractivity contribution in [3.8, 4) is 11.5 Å². The Labute approximate surface area is 183 Å². The zero-order chi connectivity index (χ0) is 22.7. The molecule has 1 amide bonds. The van der Waals surface area contributed by atoms with Crippen LogP contribution in [0.15, 0.2) is 35.2 Å². The Hall–Kier alpha value is -2.58. The van der Waals surface area contributed by atoms with E-state index in [1.165, 1.54) is 4.31 Å². The van der Waals surface area contributed by atoms with Crippen molar-refractivity contribution in [3.05, 3.63) is 47.0 Å². The SMILES string of the molecule is COc1cc2c(cc1OC)C(C)N(S(=O)(=O)c1ccc3c(c1)C(C)(C)C(=O)N3C)CC2. The van der Waals surface area contributed by atoms with E-state index in [-0.39, 0.29) is 16.8 Å². The van der Waals surface area contributed by atoms with Crippen molar-refractivity contribution in [2.45, 2.75) is 43.5 Å². The van der Waals surface area contributed by atoms with Crippen molar-refractivity contribution in [2.24, 2.45) is 0 Å². The molecule has 2 heterocycles. The van der Waals surface area contributed by atoms with Crippen LogP contribution in [0.3, 0.4) is 0 Å². The zero-order valence-corrected chi connectivity index (χ0v) is 19.5. The van der Waals surface area contributed by atoms with Crippen molar-refractivity contribution in [1.82, 2.24) is 4.31 Å². The summed E-state index contributed by atoms with van der Waals surface area (Å²) in [4.78, 5) is 14.4. The Morgan fingerprint density at radius 3 is 2.35 bits per heavy atom. The second-order valence-electron chi connectivity index (χ2n) is 8.62. The van der Waals surface area contributed by atoms with Gasteiger partial charge in [0.05, 0.1) is 24.5 Å². The number of amides is 1. The lowest BCUT2D eigenvalue weighted by atomic mass is 9.86. The number of nitrogens with zero attached hydrogens (tertiary/aromatic N) is 2. The minimum Gasteiger partial charge on any atom is -0.493 e. The van der Waals surface area contributed by atoms with Crippen LogP contribution in [0.25, 0.3) is 0 Å². The fourth-order valence-corrected chi connectivity index (χ4v) is 6.34. The molecule has 166 valence electrons. The first kappa shape index (κ1) is 21.6. The van der Waals surface area contributed by atoms with E-state index in [1.54, 1.807) is 44.4 Å². The molecule has 7 nitrogen and oxygen atoms in total. The highest BCUT2D eigenvalue weighted by atomic mass is 32.2. The standard InChI is InChI=1S/C23H28N2O5S/c1-14-17-13-21(30-6)20(29-5)11-15(17)9-10-25(14)31(27,28)16-7-8-19-18(12-16)23(2,3)22(26)24(19)4/h7-8,11-14H,9-10H2,1-6H3. The van der Waals surface area contributed by atoms with Gasteiger partial charge in [0.25, 0.3) is 0 Å². The number of hydrogen-bond donors (Lipinski definition) is 0. The minimum atomic E-state index is -3.76. The third-order valence-corrected chi connectivity index (χ3v) is 8.54. The van der Waals surface area contributed by atoms with E-state index < -0.39 is 15.4 Å². The molecule has 1 atom stereocenters. The Morgan fingerprint density at radius 2 is 1.71 bits per heavy atom. The van der Waals surface area contributed by atoms with Crippen LogP contribution in [0.1, 0.15) is 43.5 Å².